The molecule has 0 radical (unpaired) electrons. The Morgan fingerprint density at radius 3 is 2.84 bits per heavy atom. The van der Waals surface area contributed by atoms with E-state index in [9.17, 15) is 9.59 Å². The van der Waals surface area contributed by atoms with Gasteiger partial charge < -0.3 is 9.47 Å². The number of hydrogen-bond donors (Lipinski definition) is 0. The van der Waals surface area contributed by atoms with E-state index in [0.717, 1.165) is 4.90 Å². The van der Waals surface area contributed by atoms with Gasteiger partial charge in [-0.05, 0) is 42.8 Å². The number of aromatic nitrogens is 1. The van der Waals surface area contributed by atoms with Crippen LogP contribution in [0.25, 0.3) is 0 Å². The van der Waals surface area contributed by atoms with Crippen molar-refractivity contribution in [3.05, 3.63) is 16.7 Å². The highest BCUT2D eigenvalue weighted by molar-refractivity contribution is 9.10. The van der Waals surface area contributed by atoms with Crippen molar-refractivity contribution in [2.45, 2.75) is 26.4 Å². The Labute approximate surface area is 118 Å². The summed E-state index contributed by atoms with van der Waals surface area (Å²) in [7, 11) is 0. The lowest BCUT2D eigenvalue weighted by molar-refractivity contribution is -0.121. The Morgan fingerprint density at radius 2 is 2.21 bits per heavy atom. The molecule has 1 aliphatic heterocycles. The minimum absolute atomic E-state index is 0.147. The Balaban J connectivity index is 2.35. The molecule has 6 nitrogen and oxygen atoms in total. The lowest BCUT2D eigenvalue weighted by atomic mass is 10.2. The van der Waals surface area contributed by atoms with Gasteiger partial charge in [-0.25, -0.2) is 9.78 Å². The van der Waals surface area contributed by atoms with E-state index in [0.29, 0.717) is 10.2 Å². The summed E-state index contributed by atoms with van der Waals surface area (Å²) in [6.45, 7) is 4.97. The van der Waals surface area contributed by atoms with Crippen molar-refractivity contribution < 1.29 is 19.1 Å². The minimum atomic E-state index is -0.753. The predicted octanol–water partition coefficient (Wildman–Crippen LogP) is 2.50. The summed E-state index contributed by atoms with van der Waals surface area (Å²) in [5.41, 5.74) is -0.689. The van der Waals surface area contributed by atoms with Crippen molar-refractivity contribution in [2.75, 3.05) is 11.5 Å². The molecule has 2 heterocycles. The van der Waals surface area contributed by atoms with E-state index in [2.05, 4.69) is 20.9 Å². The van der Waals surface area contributed by atoms with E-state index in [1.807, 2.05) is 0 Å². The number of nitrogens with zero attached hydrogens (tertiary/aromatic N) is 2. The monoisotopic (exact) mass is 328 g/mol. The van der Waals surface area contributed by atoms with E-state index >= 15 is 0 Å². The van der Waals surface area contributed by atoms with E-state index in [4.69, 9.17) is 9.47 Å². The summed E-state index contributed by atoms with van der Waals surface area (Å²) in [6.07, 6.45) is 0.731. The summed E-state index contributed by atoms with van der Waals surface area (Å²) in [4.78, 5) is 28.8. The van der Waals surface area contributed by atoms with Gasteiger partial charge in [0.2, 0.25) is 0 Å². The summed E-state index contributed by atoms with van der Waals surface area (Å²) >= 11 is 3.25. The average molecular weight is 329 g/mol. The highest BCUT2D eigenvalue weighted by Crippen LogP contribution is 2.32. The highest BCUT2D eigenvalue weighted by atomic mass is 79.9. The molecule has 7 heteroatoms. The first-order chi connectivity index (χ1) is 8.78. The summed E-state index contributed by atoms with van der Waals surface area (Å²) in [5, 5.41) is 0. The third kappa shape index (κ3) is 3.04. The predicted molar refractivity (Wildman–Crippen MR) is 71.2 cm³/mol. The number of imide groups is 1. The molecular formula is C12H13BrN2O4. The van der Waals surface area contributed by atoms with Gasteiger partial charge in [0, 0.05) is 10.7 Å². The molecule has 0 saturated heterocycles. The van der Waals surface area contributed by atoms with Crippen molar-refractivity contribution in [1.82, 2.24) is 4.98 Å². The first-order valence-electron chi connectivity index (χ1n) is 5.62. The maximum atomic E-state index is 12.0. The van der Waals surface area contributed by atoms with Crippen molar-refractivity contribution in [1.29, 1.82) is 0 Å². The lowest BCUT2D eigenvalue weighted by Crippen LogP contribution is -2.46. The standard InChI is InChI=1S/C12H13BrN2O4/c1-12(2,3)19-11(17)15-9(16)6-18-8-4-7(13)5-14-10(8)15/h4-5H,6H2,1-3H3. The third-order valence-electron chi connectivity index (χ3n) is 2.19. The fourth-order valence-electron chi connectivity index (χ4n) is 1.51. The number of pyridine rings is 1. The van der Waals surface area contributed by atoms with Gasteiger partial charge in [-0.15, -0.1) is 0 Å². The van der Waals surface area contributed by atoms with Crippen LogP contribution in [0.4, 0.5) is 10.6 Å². The molecule has 0 spiro atoms. The van der Waals surface area contributed by atoms with E-state index < -0.39 is 17.6 Å². The normalized spacial score (nSPS) is 14.7. The Morgan fingerprint density at radius 1 is 1.53 bits per heavy atom. The van der Waals surface area contributed by atoms with Gasteiger partial charge in [-0.3, -0.25) is 4.79 Å². The fraction of sp³-hybridized carbons (Fsp3) is 0.417. The second-order valence-electron chi connectivity index (χ2n) is 4.97. The maximum absolute atomic E-state index is 12.0. The Kier molecular flexibility index (Phi) is 3.49. The van der Waals surface area contributed by atoms with Gasteiger partial charge in [0.1, 0.15) is 5.60 Å². The van der Waals surface area contributed by atoms with E-state index in [-0.39, 0.29) is 12.4 Å². The first kappa shape index (κ1) is 13.8. The van der Waals surface area contributed by atoms with Crippen LogP contribution in [0.2, 0.25) is 0 Å². The number of hydrogen-bond acceptors (Lipinski definition) is 5. The lowest BCUT2D eigenvalue weighted by Gasteiger charge is -2.29. The first-order valence-corrected chi connectivity index (χ1v) is 6.41. The van der Waals surface area contributed by atoms with Gasteiger partial charge in [0.15, 0.2) is 18.2 Å². The van der Waals surface area contributed by atoms with E-state index in [1.165, 1.54) is 6.20 Å². The average Bonchev–Trinajstić information content (AvgIpc) is 2.26. The van der Waals surface area contributed by atoms with Crippen molar-refractivity contribution in [3.8, 4) is 5.75 Å². The Hall–Kier alpha value is -1.63. The molecule has 0 bridgehead atoms. The molecule has 1 aromatic rings. The van der Waals surface area contributed by atoms with Gasteiger partial charge in [-0.1, -0.05) is 0 Å². The fourth-order valence-corrected chi connectivity index (χ4v) is 1.82. The van der Waals surface area contributed by atoms with Crippen LogP contribution in [0, 0.1) is 0 Å². The number of carbonyl (C=O) groups excluding carboxylic acids is 2. The highest BCUT2D eigenvalue weighted by Gasteiger charge is 2.35. The van der Waals surface area contributed by atoms with Crippen LogP contribution in [-0.4, -0.2) is 29.2 Å². The SMILES string of the molecule is CC(C)(C)OC(=O)N1C(=O)COc2cc(Br)cnc21. The number of fused-ring (bicyclic) bond motifs is 1. The molecule has 0 saturated carbocycles. The van der Waals surface area contributed by atoms with Crippen LogP contribution < -0.4 is 9.64 Å². The molecule has 0 aliphatic carbocycles. The molecular weight excluding hydrogens is 316 g/mol. The minimum Gasteiger partial charge on any atom is -0.480 e. The summed E-state index contributed by atoms with van der Waals surface area (Å²) < 4.78 is 11.1. The molecule has 1 aliphatic rings. The van der Waals surface area contributed by atoms with Crippen LogP contribution in [0.1, 0.15) is 20.8 Å². The van der Waals surface area contributed by atoms with Gasteiger partial charge in [-0.2, -0.15) is 4.90 Å². The van der Waals surface area contributed by atoms with Crippen molar-refractivity contribution >= 4 is 33.7 Å². The molecule has 19 heavy (non-hydrogen) atoms. The Bertz CT molecular complexity index is 539. The molecule has 0 N–H and O–H groups in total. The molecule has 0 atom stereocenters. The second-order valence-corrected chi connectivity index (χ2v) is 5.89. The summed E-state index contributed by atoms with van der Waals surface area (Å²) in [5.74, 6) is 0.00473. The second kappa shape index (κ2) is 4.80. The number of rotatable bonds is 0. The van der Waals surface area contributed by atoms with Gasteiger partial charge >= 0.3 is 6.09 Å². The zero-order valence-corrected chi connectivity index (χ0v) is 12.4. The third-order valence-corrected chi connectivity index (χ3v) is 2.62. The van der Waals surface area contributed by atoms with Crippen LogP contribution in [-0.2, 0) is 9.53 Å². The van der Waals surface area contributed by atoms with Crippen molar-refractivity contribution in [2.24, 2.45) is 0 Å². The molecule has 0 fully saturated rings. The van der Waals surface area contributed by atoms with Gasteiger partial charge in [0.25, 0.3) is 5.91 Å². The van der Waals surface area contributed by atoms with Crippen LogP contribution in [0.15, 0.2) is 16.7 Å². The number of anilines is 1. The van der Waals surface area contributed by atoms with Crippen LogP contribution in [0.5, 0.6) is 5.75 Å². The zero-order chi connectivity index (χ0) is 14.2. The number of amides is 2. The summed E-state index contributed by atoms with van der Waals surface area (Å²) in [6, 6.07) is 1.64. The molecule has 0 unspecified atom stereocenters. The molecule has 102 valence electrons. The van der Waals surface area contributed by atoms with Crippen LogP contribution >= 0.6 is 15.9 Å². The smallest absolute Gasteiger partial charge is 0.423 e. The molecule has 0 aromatic carbocycles. The number of halogens is 1. The van der Waals surface area contributed by atoms with Crippen LogP contribution in [0.3, 0.4) is 0 Å². The quantitative estimate of drug-likeness (QED) is 0.731. The van der Waals surface area contributed by atoms with E-state index in [1.54, 1.807) is 26.8 Å². The largest absolute Gasteiger partial charge is 0.480 e. The maximum Gasteiger partial charge on any atom is 0.423 e. The van der Waals surface area contributed by atoms with Crippen molar-refractivity contribution in [3.63, 3.8) is 0 Å². The van der Waals surface area contributed by atoms with Gasteiger partial charge in [0.05, 0.1) is 0 Å². The number of carbonyl (C=O) groups is 2. The number of ether oxygens (including phenoxy) is 2. The molecule has 2 rings (SSSR count). The zero-order valence-electron chi connectivity index (χ0n) is 10.8. The molecule has 1 aromatic heterocycles. The molecule has 2 amide bonds. The topological polar surface area (TPSA) is 68.7 Å².